The first-order valence-corrected chi connectivity index (χ1v) is 9.44. The number of halogens is 1. The van der Waals surface area contributed by atoms with Gasteiger partial charge in [0.15, 0.2) is 0 Å². The van der Waals surface area contributed by atoms with E-state index in [2.05, 4.69) is 25.5 Å². The Kier molecular flexibility index (Phi) is 6.70. The average molecular weight is 332 g/mol. The van der Waals surface area contributed by atoms with Crippen molar-refractivity contribution >= 4 is 21.6 Å². The van der Waals surface area contributed by atoms with Crippen molar-refractivity contribution in [1.29, 1.82) is 0 Å². The minimum atomic E-state index is -3.29. The van der Waals surface area contributed by atoms with E-state index in [1.807, 2.05) is 25.1 Å². The number of hydrogen-bond acceptors (Lipinski definition) is 2. The number of sulfonamides is 1. The second-order valence-corrected chi connectivity index (χ2v) is 8.58. The van der Waals surface area contributed by atoms with Crippen LogP contribution in [0.3, 0.4) is 0 Å². The minimum Gasteiger partial charge on any atom is -0.212 e. The fraction of sp³-hybridized carbons (Fsp3) is 0.625. The Balaban J connectivity index is 2.59. The van der Waals surface area contributed by atoms with Gasteiger partial charge in [-0.15, -0.1) is 0 Å². The molecule has 0 aliphatic heterocycles. The number of benzene rings is 1. The van der Waals surface area contributed by atoms with Crippen LogP contribution in [-0.4, -0.2) is 14.2 Å². The number of nitrogens with one attached hydrogen (secondary N) is 1. The summed E-state index contributed by atoms with van der Waals surface area (Å²) in [6, 6.07) is 6.99. The summed E-state index contributed by atoms with van der Waals surface area (Å²) in [5, 5.41) is 0.583. The molecule has 0 bridgehead atoms. The van der Waals surface area contributed by atoms with E-state index < -0.39 is 10.0 Å². The molecule has 3 nitrogen and oxygen atoms in total. The van der Waals surface area contributed by atoms with Crippen molar-refractivity contribution in [3.63, 3.8) is 0 Å². The van der Waals surface area contributed by atoms with E-state index in [0.717, 1.165) is 18.4 Å². The topological polar surface area (TPSA) is 46.2 Å². The van der Waals surface area contributed by atoms with E-state index >= 15 is 0 Å². The highest BCUT2D eigenvalue weighted by Gasteiger charge is 2.20. The zero-order valence-electron chi connectivity index (χ0n) is 13.3. The SMILES string of the molecule is CCC(C)(C)CCCS(=O)(=O)N[C@H](C)c1ccccc1Cl. The Morgan fingerprint density at radius 3 is 2.48 bits per heavy atom. The molecule has 1 N–H and O–H groups in total. The zero-order valence-corrected chi connectivity index (χ0v) is 14.9. The van der Waals surface area contributed by atoms with Crippen LogP contribution >= 0.6 is 11.6 Å². The van der Waals surface area contributed by atoms with Gasteiger partial charge in [-0.2, -0.15) is 0 Å². The van der Waals surface area contributed by atoms with Crippen molar-refractivity contribution in [2.75, 3.05) is 5.75 Å². The molecular formula is C16H26ClNO2S. The number of rotatable bonds is 8. The molecule has 0 radical (unpaired) electrons. The van der Waals surface area contributed by atoms with Gasteiger partial charge in [0.05, 0.1) is 5.75 Å². The summed E-state index contributed by atoms with van der Waals surface area (Å²) in [5.41, 5.74) is 1.00. The van der Waals surface area contributed by atoms with E-state index in [1.54, 1.807) is 6.07 Å². The average Bonchev–Trinajstić information content (AvgIpc) is 2.38. The summed E-state index contributed by atoms with van der Waals surface area (Å²) in [6.07, 6.45) is 2.63. The van der Waals surface area contributed by atoms with Crippen LogP contribution in [0.15, 0.2) is 24.3 Å². The van der Waals surface area contributed by atoms with E-state index in [0.29, 0.717) is 11.4 Å². The lowest BCUT2D eigenvalue weighted by molar-refractivity contribution is 0.319. The predicted octanol–water partition coefficient (Wildman–Crippen LogP) is 4.54. The summed E-state index contributed by atoms with van der Waals surface area (Å²) in [5.74, 6) is 0.158. The van der Waals surface area contributed by atoms with Gasteiger partial charge in [0.1, 0.15) is 0 Å². The molecule has 0 aromatic heterocycles. The van der Waals surface area contributed by atoms with Crippen LogP contribution in [0.5, 0.6) is 0 Å². The molecule has 0 spiro atoms. The van der Waals surface area contributed by atoms with Crippen LogP contribution in [0.1, 0.15) is 58.6 Å². The van der Waals surface area contributed by atoms with Crippen LogP contribution in [0, 0.1) is 5.41 Å². The standard InChI is InChI=1S/C16H26ClNO2S/c1-5-16(3,4)11-8-12-21(19,20)18-13(2)14-9-6-7-10-15(14)17/h6-7,9-10,13,18H,5,8,11-12H2,1-4H3/t13-/m1/s1. The summed E-state index contributed by atoms with van der Waals surface area (Å²) in [6.45, 7) is 8.28. The molecule has 21 heavy (non-hydrogen) atoms. The van der Waals surface area contributed by atoms with Crippen LogP contribution < -0.4 is 4.72 Å². The lowest BCUT2D eigenvalue weighted by Crippen LogP contribution is -2.29. The van der Waals surface area contributed by atoms with E-state index in [9.17, 15) is 8.42 Å². The van der Waals surface area contributed by atoms with Crippen LogP contribution in [-0.2, 0) is 10.0 Å². The molecule has 0 saturated heterocycles. The highest BCUT2D eigenvalue weighted by molar-refractivity contribution is 7.89. The van der Waals surface area contributed by atoms with Crippen molar-refractivity contribution in [1.82, 2.24) is 4.72 Å². The Morgan fingerprint density at radius 2 is 1.90 bits per heavy atom. The molecule has 0 heterocycles. The van der Waals surface area contributed by atoms with E-state index in [1.165, 1.54) is 0 Å². The monoisotopic (exact) mass is 331 g/mol. The van der Waals surface area contributed by atoms with Gasteiger partial charge in [-0.3, -0.25) is 0 Å². The Labute approximate surface area is 134 Å². The maximum atomic E-state index is 12.1. The third kappa shape index (κ3) is 6.37. The summed E-state index contributed by atoms with van der Waals surface area (Å²) >= 11 is 6.10. The van der Waals surface area contributed by atoms with Gasteiger partial charge < -0.3 is 0 Å². The van der Waals surface area contributed by atoms with Crippen LogP contribution in [0.4, 0.5) is 0 Å². The van der Waals surface area contributed by atoms with E-state index in [4.69, 9.17) is 11.6 Å². The van der Waals surface area contributed by atoms with Gasteiger partial charge in [-0.25, -0.2) is 13.1 Å². The molecular weight excluding hydrogens is 306 g/mol. The van der Waals surface area contributed by atoms with Crippen molar-refractivity contribution in [2.45, 2.75) is 53.0 Å². The minimum absolute atomic E-state index is 0.158. The normalized spacial score (nSPS) is 14.1. The largest absolute Gasteiger partial charge is 0.212 e. The van der Waals surface area contributed by atoms with Crippen LogP contribution in [0.25, 0.3) is 0 Å². The zero-order chi connectivity index (χ0) is 16.1. The van der Waals surface area contributed by atoms with Crippen molar-refractivity contribution in [2.24, 2.45) is 5.41 Å². The Hall–Kier alpha value is -0.580. The van der Waals surface area contributed by atoms with Crippen molar-refractivity contribution in [3.8, 4) is 0 Å². The highest BCUT2D eigenvalue weighted by Crippen LogP contribution is 2.27. The second-order valence-electron chi connectivity index (χ2n) is 6.30. The molecule has 0 aliphatic carbocycles. The lowest BCUT2D eigenvalue weighted by atomic mass is 9.86. The molecule has 1 rings (SSSR count). The molecule has 0 aliphatic rings. The van der Waals surface area contributed by atoms with Gasteiger partial charge in [-0.1, -0.05) is 57.0 Å². The Morgan fingerprint density at radius 1 is 1.29 bits per heavy atom. The van der Waals surface area contributed by atoms with Gasteiger partial charge in [0.25, 0.3) is 0 Å². The quantitative estimate of drug-likeness (QED) is 0.760. The number of hydrogen-bond donors (Lipinski definition) is 1. The first-order valence-electron chi connectivity index (χ1n) is 7.41. The molecule has 0 fully saturated rings. The summed E-state index contributed by atoms with van der Waals surface area (Å²) < 4.78 is 27.0. The third-order valence-electron chi connectivity index (χ3n) is 3.95. The molecule has 1 aromatic carbocycles. The Bertz CT molecular complexity index is 555. The fourth-order valence-corrected chi connectivity index (χ4v) is 3.74. The van der Waals surface area contributed by atoms with Crippen molar-refractivity contribution < 1.29 is 8.42 Å². The first kappa shape index (κ1) is 18.5. The summed E-state index contributed by atoms with van der Waals surface area (Å²) in [7, 11) is -3.29. The maximum Gasteiger partial charge on any atom is 0.212 e. The lowest BCUT2D eigenvalue weighted by Gasteiger charge is -2.22. The van der Waals surface area contributed by atoms with Gasteiger partial charge >= 0.3 is 0 Å². The molecule has 0 unspecified atom stereocenters. The first-order chi connectivity index (χ1) is 9.67. The maximum absolute atomic E-state index is 12.1. The highest BCUT2D eigenvalue weighted by atomic mass is 35.5. The second kappa shape index (κ2) is 7.61. The molecule has 120 valence electrons. The molecule has 1 atom stereocenters. The van der Waals surface area contributed by atoms with Crippen LogP contribution in [0.2, 0.25) is 5.02 Å². The summed E-state index contributed by atoms with van der Waals surface area (Å²) in [4.78, 5) is 0. The smallest absolute Gasteiger partial charge is 0.212 e. The fourth-order valence-electron chi connectivity index (χ4n) is 2.14. The molecule has 1 aromatic rings. The van der Waals surface area contributed by atoms with Crippen molar-refractivity contribution in [3.05, 3.63) is 34.9 Å². The molecule has 5 heteroatoms. The van der Waals surface area contributed by atoms with E-state index in [-0.39, 0.29) is 17.2 Å². The van der Waals surface area contributed by atoms with Gasteiger partial charge in [0, 0.05) is 11.1 Å². The molecule has 0 amide bonds. The van der Waals surface area contributed by atoms with Gasteiger partial charge in [-0.05, 0) is 36.8 Å². The predicted molar refractivity (Wildman–Crippen MR) is 90.1 cm³/mol. The third-order valence-corrected chi connectivity index (χ3v) is 5.83. The van der Waals surface area contributed by atoms with Gasteiger partial charge in [0.2, 0.25) is 10.0 Å². The molecule has 0 saturated carbocycles.